The monoisotopic (exact) mass is 313 g/mol. The molecule has 21 heavy (non-hydrogen) atoms. The Morgan fingerprint density at radius 1 is 1.29 bits per heavy atom. The largest absolute Gasteiger partial charge is 0.488 e. The number of ether oxygens (including phenoxy) is 2. The van der Waals surface area contributed by atoms with Crippen LogP contribution in [-0.4, -0.2) is 46.6 Å². The van der Waals surface area contributed by atoms with Crippen molar-refractivity contribution in [3.8, 4) is 5.75 Å². The third-order valence-corrected chi connectivity index (χ3v) is 4.85. The van der Waals surface area contributed by atoms with Crippen molar-refractivity contribution in [2.45, 2.75) is 42.9 Å². The van der Waals surface area contributed by atoms with Crippen LogP contribution in [0, 0.1) is 0 Å². The third-order valence-electron chi connectivity index (χ3n) is 3.72. The summed E-state index contributed by atoms with van der Waals surface area (Å²) in [6.07, 6.45) is 3.22. The summed E-state index contributed by atoms with van der Waals surface area (Å²) in [6.45, 7) is 3.10. The first-order chi connectivity index (χ1) is 9.95. The van der Waals surface area contributed by atoms with E-state index in [1.165, 1.54) is 6.26 Å². The summed E-state index contributed by atoms with van der Waals surface area (Å²) in [5.41, 5.74) is 0. The zero-order valence-electron chi connectivity index (χ0n) is 12.7. The second-order valence-electron chi connectivity index (χ2n) is 5.40. The molecule has 0 saturated heterocycles. The van der Waals surface area contributed by atoms with Gasteiger partial charge in [0.05, 0.1) is 4.90 Å². The van der Waals surface area contributed by atoms with E-state index in [2.05, 4.69) is 12.2 Å². The van der Waals surface area contributed by atoms with Crippen LogP contribution in [-0.2, 0) is 14.6 Å². The molecule has 0 aliphatic heterocycles. The van der Waals surface area contributed by atoms with E-state index in [4.69, 9.17) is 9.47 Å². The van der Waals surface area contributed by atoms with Crippen LogP contribution in [0.3, 0.4) is 0 Å². The minimum absolute atomic E-state index is 0.00781. The molecule has 0 bridgehead atoms. The van der Waals surface area contributed by atoms with Gasteiger partial charge in [-0.2, -0.15) is 0 Å². The highest BCUT2D eigenvalue weighted by molar-refractivity contribution is 7.90. The average Bonchev–Trinajstić information content (AvgIpc) is 2.42. The van der Waals surface area contributed by atoms with Crippen LogP contribution >= 0.6 is 0 Å². The average molecular weight is 313 g/mol. The molecule has 0 aromatic heterocycles. The molecule has 2 rings (SSSR count). The molecule has 0 amide bonds. The van der Waals surface area contributed by atoms with E-state index < -0.39 is 9.84 Å². The van der Waals surface area contributed by atoms with Gasteiger partial charge in [-0.05, 0) is 37.2 Å². The number of benzene rings is 1. The first-order valence-corrected chi connectivity index (χ1v) is 9.07. The molecule has 1 aromatic rings. The quantitative estimate of drug-likeness (QED) is 0.829. The van der Waals surface area contributed by atoms with Crippen LogP contribution in [0.4, 0.5) is 0 Å². The van der Waals surface area contributed by atoms with Gasteiger partial charge in [0.25, 0.3) is 0 Å². The van der Waals surface area contributed by atoms with Crippen LogP contribution in [0.25, 0.3) is 0 Å². The van der Waals surface area contributed by atoms with Gasteiger partial charge in [0.15, 0.2) is 9.84 Å². The van der Waals surface area contributed by atoms with E-state index in [0.29, 0.717) is 16.7 Å². The first-order valence-electron chi connectivity index (χ1n) is 7.18. The topological polar surface area (TPSA) is 64.6 Å². The van der Waals surface area contributed by atoms with Crippen molar-refractivity contribution in [1.82, 2.24) is 5.32 Å². The number of rotatable bonds is 7. The van der Waals surface area contributed by atoms with Gasteiger partial charge in [0.1, 0.15) is 18.0 Å². The Hall–Kier alpha value is -1.11. The maximum Gasteiger partial charge on any atom is 0.175 e. The summed E-state index contributed by atoms with van der Waals surface area (Å²) in [5, 5.41) is 3.43. The van der Waals surface area contributed by atoms with Gasteiger partial charge >= 0.3 is 0 Å². The fraction of sp³-hybridized carbons (Fsp3) is 0.600. The van der Waals surface area contributed by atoms with Gasteiger partial charge in [-0.15, -0.1) is 0 Å². The number of sulfone groups is 1. The maximum absolute atomic E-state index is 11.4. The van der Waals surface area contributed by atoms with Gasteiger partial charge in [-0.25, -0.2) is 8.42 Å². The van der Waals surface area contributed by atoms with Crippen molar-refractivity contribution in [3.05, 3.63) is 24.3 Å². The molecule has 3 atom stereocenters. The van der Waals surface area contributed by atoms with Crippen molar-refractivity contribution >= 4 is 9.84 Å². The molecule has 118 valence electrons. The van der Waals surface area contributed by atoms with E-state index in [0.717, 1.165) is 19.4 Å². The first kappa shape index (κ1) is 16.3. The molecular weight excluding hydrogens is 290 g/mol. The molecule has 1 fully saturated rings. The van der Waals surface area contributed by atoms with Gasteiger partial charge in [0, 0.05) is 25.8 Å². The van der Waals surface area contributed by atoms with Gasteiger partial charge in [0.2, 0.25) is 0 Å². The highest BCUT2D eigenvalue weighted by Gasteiger charge is 2.42. The molecule has 0 spiro atoms. The van der Waals surface area contributed by atoms with Crippen LogP contribution in [0.1, 0.15) is 19.8 Å². The van der Waals surface area contributed by atoms with E-state index >= 15 is 0 Å². The fourth-order valence-electron chi connectivity index (χ4n) is 2.48. The minimum atomic E-state index is -3.16. The molecule has 6 heteroatoms. The third kappa shape index (κ3) is 3.96. The Kier molecular flexibility index (Phi) is 5.24. The second-order valence-corrected chi connectivity index (χ2v) is 7.41. The number of nitrogens with one attached hydrogen (secondary N) is 1. The Morgan fingerprint density at radius 2 is 1.95 bits per heavy atom. The molecule has 3 unspecified atom stereocenters. The fourth-order valence-corrected chi connectivity index (χ4v) is 3.11. The molecule has 5 nitrogen and oxygen atoms in total. The smallest absolute Gasteiger partial charge is 0.175 e. The lowest BCUT2D eigenvalue weighted by Crippen LogP contribution is -2.61. The van der Waals surface area contributed by atoms with Gasteiger partial charge < -0.3 is 14.8 Å². The standard InChI is InChI=1S/C15H23NO4S/c1-4-9-16-13-10-14(15(13)19-2)20-11-5-7-12(8-6-11)21(3,17)18/h5-8,13-16H,4,9-10H2,1-3H3. The van der Waals surface area contributed by atoms with Crippen LogP contribution < -0.4 is 10.1 Å². The van der Waals surface area contributed by atoms with Crippen LogP contribution in [0.5, 0.6) is 5.75 Å². The number of hydrogen-bond donors (Lipinski definition) is 1. The second kappa shape index (κ2) is 6.77. The zero-order valence-corrected chi connectivity index (χ0v) is 13.5. The highest BCUT2D eigenvalue weighted by Crippen LogP contribution is 2.29. The SMILES string of the molecule is CCCNC1CC(Oc2ccc(S(C)(=O)=O)cc2)C1OC. The molecule has 1 aromatic carbocycles. The van der Waals surface area contributed by atoms with E-state index in [1.54, 1.807) is 31.4 Å². The summed E-state index contributed by atoms with van der Waals surface area (Å²) in [4.78, 5) is 0.300. The predicted octanol–water partition coefficient (Wildman–Crippen LogP) is 1.62. The predicted molar refractivity (Wildman–Crippen MR) is 81.5 cm³/mol. The molecule has 1 aliphatic carbocycles. The summed E-state index contributed by atoms with van der Waals surface area (Å²) in [5.74, 6) is 0.670. The van der Waals surface area contributed by atoms with E-state index in [1.807, 2.05) is 0 Å². The van der Waals surface area contributed by atoms with Gasteiger partial charge in [-0.1, -0.05) is 6.92 Å². The molecule has 0 heterocycles. The summed E-state index contributed by atoms with van der Waals surface area (Å²) < 4.78 is 34.2. The highest BCUT2D eigenvalue weighted by atomic mass is 32.2. The molecule has 1 aliphatic rings. The molecular formula is C15H23NO4S. The normalized spacial score (nSPS) is 25.4. The molecule has 0 radical (unpaired) electrons. The lowest BCUT2D eigenvalue weighted by molar-refractivity contribution is -0.0887. The van der Waals surface area contributed by atoms with Gasteiger partial charge in [-0.3, -0.25) is 0 Å². The van der Waals surface area contributed by atoms with Crippen LogP contribution in [0.15, 0.2) is 29.2 Å². The Bertz CT molecular complexity index is 556. The minimum Gasteiger partial charge on any atom is -0.488 e. The number of hydrogen-bond acceptors (Lipinski definition) is 5. The summed E-state index contributed by atoms with van der Waals surface area (Å²) >= 11 is 0. The lowest BCUT2D eigenvalue weighted by Gasteiger charge is -2.43. The zero-order chi connectivity index (χ0) is 15.5. The summed E-state index contributed by atoms with van der Waals surface area (Å²) in [7, 11) is -1.48. The van der Waals surface area contributed by atoms with E-state index in [9.17, 15) is 8.42 Å². The van der Waals surface area contributed by atoms with Crippen molar-refractivity contribution in [2.75, 3.05) is 19.9 Å². The van der Waals surface area contributed by atoms with Crippen LogP contribution in [0.2, 0.25) is 0 Å². The molecule has 1 N–H and O–H groups in total. The Labute approximate surface area is 126 Å². The maximum atomic E-state index is 11.4. The number of methoxy groups -OCH3 is 1. The van der Waals surface area contributed by atoms with E-state index in [-0.39, 0.29) is 12.2 Å². The van der Waals surface area contributed by atoms with Crippen molar-refractivity contribution in [3.63, 3.8) is 0 Å². The molecule has 1 saturated carbocycles. The Morgan fingerprint density at radius 3 is 2.48 bits per heavy atom. The van der Waals surface area contributed by atoms with Crippen molar-refractivity contribution in [1.29, 1.82) is 0 Å². The van der Waals surface area contributed by atoms with Crippen molar-refractivity contribution in [2.24, 2.45) is 0 Å². The lowest BCUT2D eigenvalue weighted by atomic mass is 9.85. The summed E-state index contributed by atoms with van der Waals surface area (Å²) in [6, 6.07) is 6.84. The van der Waals surface area contributed by atoms with Crippen molar-refractivity contribution < 1.29 is 17.9 Å². The Balaban J connectivity index is 1.93.